The van der Waals surface area contributed by atoms with Crippen LogP contribution in [0.25, 0.3) is 55.3 Å². The van der Waals surface area contributed by atoms with Crippen molar-refractivity contribution in [3.05, 3.63) is 246 Å². The number of fused-ring (bicyclic) bond motifs is 16. The molecular formula is C61H40N2O2. The van der Waals surface area contributed by atoms with E-state index in [-0.39, 0.29) is 0 Å². The first-order chi connectivity index (χ1) is 32.2. The summed E-state index contributed by atoms with van der Waals surface area (Å²) in [6.45, 7) is 0. The van der Waals surface area contributed by atoms with Crippen LogP contribution in [0, 0.1) is 0 Å². The van der Waals surface area contributed by atoms with E-state index in [1.54, 1.807) is 0 Å². The predicted octanol–water partition coefficient (Wildman–Crippen LogP) is 16.3. The van der Waals surface area contributed by atoms with Crippen LogP contribution >= 0.6 is 0 Å². The number of nitrogens with zero attached hydrogens (tertiary/aromatic N) is 2. The van der Waals surface area contributed by atoms with E-state index in [2.05, 4.69) is 228 Å². The van der Waals surface area contributed by atoms with E-state index in [4.69, 9.17) is 9.47 Å². The highest BCUT2D eigenvalue weighted by molar-refractivity contribution is 6.11. The molecule has 14 rings (SSSR count). The summed E-state index contributed by atoms with van der Waals surface area (Å²) in [5, 5.41) is 2.39. The van der Waals surface area contributed by atoms with Gasteiger partial charge in [0.25, 0.3) is 0 Å². The zero-order valence-corrected chi connectivity index (χ0v) is 35.4. The predicted molar refractivity (Wildman–Crippen MR) is 265 cm³/mol. The Labute approximate surface area is 377 Å². The molecule has 1 aromatic heterocycles. The fraction of sp³-hybridized carbons (Fsp3) is 0.0492. The zero-order chi connectivity index (χ0) is 42.6. The van der Waals surface area contributed by atoms with Crippen molar-refractivity contribution in [1.82, 2.24) is 4.57 Å². The molecule has 2 heterocycles. The molecule has 1 spiro atoms. The summed E-state index contributed by atoms with van der Waals surface area (Å²) < 4.78 is 16.6. The highest BCUT2D eigenvalue weighted by Crippen LogP contribution is 2.68. The molecule has 4 aliphatic rings. The van der Waals surface area contributed by atoms with Gasteiger partial charge in [0.05, 0.1) is 22.1 Å². The summed E-state index contributed by atoms with van der Waals surface area (Å²) in [4.78, 5) is 2.33. The minimum Gasteiger partial charge on any atom is -0.449 e. The fourth-order valence-corrected chi connectivity index (χ4v) is 11.4. The molecule has 0 fully saturated rings. The number of ether oxygens (including phenoxy) is 2. The molecule has 1 atom stereocenters. The second kappa shape index (κ2) is 13.8. The summed E-state index contributed by atoms with van der Waals surface area (Å²) >= 11 is 0. The van der Waals surface area contributed by atoms with Crippen LogP contribution in [0.15, 0.2) is 224 Å². The van der Waals surface area contributed by atoms with E-state index >= 15 is 0 Å². The van der Waals surface area contributed by atoms with Crippen molar-refractivity contribution in [2.24, 2.45) is 0 Å². The molecule has 306 valence electrons. The number of allylic oxidation sites excluding steroid dienone is 4. The third-order valence-corrected chi connectivity index (χ3v) is 14.1. The second-order valence-electron chi connectivity index (χ2n) is 17.4. The van der Waals surface area contributed by atoms with Crippen LogP contribution in [0.4, 0.5) is 17.1 Å². The lowest BCUT2D eigenvalue weighted by Crippen LogP contribution is -2.27. The SMILES string of the molecule is C1=C2C(=CCC1)C1(c3ccccc32)c2ccccc2-c2ccc3c(c21)Oc1ccc(N(c2ccc(-c4ccccc4)cc2)c2ccc4c(c2)c2ccccc2n4-c2ccccc2)cc1O3. The smallest absolute Gasteiger partial charge is 0.175 e. The van der Waals surface area contributed by atoms with Crippen LogP contribution in [0.1, 0.15) is 35.1 Å². The normalized spacial score (nSPS) is 16.1. The Bertz CT molecular complexity index is 3660. The Hall–Kier alpha value is -8.34. The molecule has 0 amide bonds. The molecule has 0 bridgehead atoms. The van der Waals surface area contributed by atoms with Gasteiger partial charge in [0.2, 0.25) is 0 Å². The summed E-state index contributed by atoms with van der Waals surface area (Å²) in [7, 11) is 0. The van der Waals surface area contributed by atoms with Gasteiger partial charge in [-0.1, -0.05) is 146 Å². The van der Waals surface area contributed by atoms with Gasteiger partial charge in [-0.05, 0) is 130 Å². The minimum atomic E-state index is -0.508. The van der Waals surface area contributed by atoms with Crippen molar-refractivity contribution >= 4 is 44.4 Å². The lowest BCUT2D eigenvalue weighted by molar-refractivity contribution is 0.355. The molecule has 0 saturated heterocycles. The topological polar surface area (TPSA) is 26.6 Å². The Kier molecular flexibility index (Phi) is 7.70. The van der Waals surface area contributed by atoms with Gasteiger partial charge >= 0.3 is 0 Å². The third-order valence-electron chi connectivity index (χ3n) is 14.1. The van der Waals surface area contributed by atoms with Gasteiger partial charge in [-0.2, -0.15) is 0 Å². The molecule has 0 saturated carbocycles. The maximum atomic E-state index is 7.20. The molecule has 10 aromatic rings. The number of hydrogen-bond donors (Lipinski definition) is 0. The Balaban J connectivity index is 0.921. The number of hydrogen-bond acceptors (Lipinski definition) is 3. The van der Waals surface area contributed by atoms with Crippen LogP contribution in [0.5, 0.6) is 23.0 Å². The maximum absolute atomic E-state index is 7.20. The van der Waals surface area contributed by atoms with Crippen LogP contribution < -0.4 is 14.4 Å². The number of benzene rings is 9. The molecule has 0 radical (unpaired) electrons. The third kappa shape index (κ3) is 5.14. The van der Waals surface area contributed by atoms with Crippen molar-refractivity contribution < 1.29 is 9.47 Å². The van der Waals surface area contributed by atoms with Crippen LogP contribution in [-0.2, 0) is 5.41 Å². The van der Waals surface area contributed by atoms with Gasteiger partial charge in [-0.25, -0.2) is 0 Å². The highest BCUT2D eigenvalue weighted by Gasteiger charge is 2.56. The average Bonchev–Trinajstić information content (AvgIpc) is 3.98. The van der Waals surface area contributed by atoms with Crippen molar-refractivity contribution in [3.63, 3.8) is 0 Å². The molecule has 65 heavy (non-hydrogen) atoms. The minimum absolute atomic E-state index is 0.508. The summed E-state index contributed by atoms with van der Waals surface area (Å²) in [6.07, 6.45) is 6.96. The average molecular weight is 833 g/mol. The lowest BCUT2D eigenvalue weighted by Gasteiger charge is -2.34. The van der Waals surface area contributed by atoms with Crippen LogP contribution in [0.3, 0.4) is 0 Å². The van der Waals surface area contributed by atoms with Crippen LogP contribution in [0.2, 0.25) is 0 Å². The monoisotopic (exact) mass is 832 g/mol. The summed E-state index contributed by atoms with van der Waals surface area (Å²) in [5.74, 6) is 2.88. The second-order valence-corrected chi connectivity index (χ2v) is 17.4. The Morgan fingerprint density at radius 3 is 1.91 bits per heavy atom. The largest absolute Gasteiger partial charge is 0.449 e. The first-order valence-corrected chi connectivity index (χ1v) is 22.6. The first kappa shape index (κ1) is 36.2. The molecule has 4 heteroatoms. The first-order valence-electron chi connectivity index (χ1n) is 22.6. The van der Waals surface area contributed by atoms with E-state index in [1.165, 1.54) is 66.4 Å². The Morgan fingerprint density at radius 1 is 0.431 bits per heavy atom. The molecular weight excluding hydrogens is 793 g/mol. The molecule has 1 aliphatic heterocycles. The fourth-order valence-electron chi connectivity index (χ4n) is 11.4. The zero-order valence-electron chi connectivity index (χ0n) is 35.4. The van der Waals surface area contributed by atoms with E-state index in [1.807, 2.05) is 0 Å². The molecule has 3 aliphatic carbocycles. The van der Waals surface area contributed by atoms with Gasteiger partial charge in [-0.15, -0.1) is 0 Å². The molecule has 9 aromatic carbocycles. The number of para-hydroxylation sites is 2. The van der Waals surface area contributed by atoms with Crippen molar-refractivity contribution in [1.29, 1.82) is 0 Å². The van der Waals surface area contributed by atoms with Crippen molar-refractivity contribution in [2.75, 3.05) is 4.90 Å². The number of anilines is 3. The van der Waals surface area contributed by atoms with E-state index < -0.39 is 5.41 Å². The van der Waals surface area contributed by atoms with Gasteiger partial charge in [0.1, 0.15) is 0 Å². The number of aromatic nitrogens is 1. The molecule has 4 nitrogen and oxygen atoms in total. The summed E-state index contributed by atoms with van der Waals surface area (Å²) in [5.41, 5.74) is 18.6. The van der Waals surface area contributed by atoms with Gasteiger partial charge < -0.3 is 18.9 Å². The number of rotatable bonds is 5. The maximum Gasteiger partial charge on any atom is 0.175 e. The van der Waals surface area contributed by atoms with Gasteiger partial charge in [0, 0.05) is 39.5 Å². The lowest BCUT2D eigenvalue weighted by atomic mass is 9.69. The van der Waals surface area contributed by atoms with Crippen LogP contribution in [-0.4, -0.2) is 4.57 Å². The highest BCUT2D eigenvalue weighted by atomic mass is 16.6. The standard InChI is InChI=1S/C61H40N2O2/c1-3-15-39(16-4-1)40-27-29-42(30-28-40)62(43-31-34-55-50(37-43)48-22-10-14-26-54(48)63(55)41-17-5-2-6-18-41)44-32-35-56-58(38-44)64-57-36-33-49-47-21-9-13-25-53(47)61(59(49)60(57)65-56)51-23-11-7-19-45(51)46-20-8-12-24-52(46)61/h1-7,9-11,13-38H,8,12H2. The Morgan fingerprint density at radius 2 is 1.06 bits per heavy atom. The van der Waals surface area contributed by atoms with Crippen molar-refractivity contribution in [2.45, 2.75) is 18.3 Å². The summed E-state index contributed by atoms with van der Waals surface area (Å²) in [6, 6.07) is 74.2. The van der Waals surface area contributed by atoms with Gasteiger partial charge in [-0.3, -0.25) is 0 Å². The van der Waals surface area contributed by atoms with Crippen molar-refractivity contribution in [3.8, 4) is 50.9 Å². The van der Waals surface area contributed by atoms with Gasteiger partial charge in [0.15, 0.2) is 23.0 Å². The molecule has 1 unspecified atom stereocenters. The van der Waals surface area contributed by atoms with E-state index in [9.17, 15) is 0 Å². The van der Waals surface area contributed by atoms with E-state index in [0.29, 0.717) is 11.5 Å². The quantitative estimate of drug-likeness (QED) is 0.173. The molecule has 0 N–H and O–H groups in total. The van der Waals surface area contributed by atoms with E-state index in [0.717, 1.165) is 58.2 Å².